The molecule has 0 radical (unpaired) electrons. The molecule has 0 spiro atoms. The molecule has 92 valence electrons. The lowest BCUT2D eigenvalue weighted by atomic mass is 9.89. The maximum Gasteiger partial charge on any atom is 0.143 e. The molecule has 1 unspecified atom stereocenters. The van der Waals surface area contributed by atoms with E-state index in [2.05, 4.69) is 24.3 Å². The van der Waals surface area contributed by atoms with Gasteiger partial charge in [-0.05, 0) is 42.5 Å². The van der Waals surface area contributed by atoms with Gasteiger partial charge >= 0.3 is 0 Å². The number of aryl methyl sites for hydroxylation is 1. The van der Waals surface area contributed by atoms with Gasteiger partial charge in [0.05, 0.1) is 5.69 Å². The number of hydrogen-bond donors (Lipinski definition) is 1. The van der Waals surface area contributed by atoms with E-state index in [0.717, 1.165) is 18.6 Å². The fourth-order valence-electron chi connectivity index (χ4n) is 2.57. The average Bonchev–Trinajstić information content (AvgIpc) is 2.42. The smallest absolute Gasteiger partial charge is 0.143 e. The summed E-state index contributed by atoms with van der Waals surface area (Å²) in [5, 5.41) is 0. The molecule has 2 heteroatoms. The summed E-state index contributed by atoms with van der Waals surface area (Å²) in [5.74, 6) is 0.791. The minimum absolute atomic E-state index is 0.139. The van der Waals surface area contributed by atoms with Gasteiger partial charge in [0.1, 0.15) is 11.9 Å². The monoisotopic (exact) mass is 239 g/mol. The van der Waals surface area contributed by atoms with Crippen molar-refractivity contribution in [2.45, 2.75) is 25.4 Å². The van der Waals surface area contributed by atoms with Crippen molar-refractivity contribution in [2.75, 3.05) is 5.73 Å². The Morgan fingerprint density at radius 1 is 1.00 bits per heavy atom. The van der Waals surface area contributed by atoms with E-state index in [-0.39, 0.29) is 6.10 Å². The maximum atomic E-state index is 6.09. The largest absolute Gasteiger partial charge is 0.484 e. The SMILES string of the molecule is Nc1ccccc1OC1CCCc2ccccc21. The molecule has 0 heterocycles. The second-order valence-electron chi connectivity index (χ2n) is 4.74. The molecule has 2 nitrogen and oxygen atoms in total. The molecule has 0 aromatic heterocycles. The molecule has 0 aliphatic heterocycles. The minimum Gasteiger partial charge on any atom is -0.484 e. The third-order valence-corrected chi connectivity index (χ3v) is 3.50. The maximum absolute atomic E-state index is 6.09. The zero-order chi connectivity index (χ0) is 12.4. The molecule has 0 bridgehead atoms. The van der Waals surface area contributed by atoms with E-state index in [9.17, 15) is 0 Å². The zero-order valence-corrected chi connectivity index (χ0v) is 10.3. The molecule has 0 saturated carbocycles. The number of nitrogens with two attached hydrogens (primary N) is 1. The molecule has 2 aromatic carbocycles. The van der Waals surface area contributed by atoms with E-state index < -0.39 is 0 Å². The van der Waals surface area contributed by atoms with Crippen molar-refractivity contribution in [3.63, 3.8) is 0 Å². The highest BCUT2D eigenvalue weighted by molar-refractivity contribution is 5.52. The summed E-state index contributed by atoms with van der Waals surface area (Å²) in [6.07, 6.45) is 3.53. The van der Waals surface area contributed by atoms with E-state index in [1.165, 1.54) is 17.5 Å². The first kappa shape index (κ1) is 11.1. The average molecular weight is 239 g/mol. The summed E-state index contributed by atoms with van der Waals surface area (Å²) in [5.41, 5.74) is 9.36. The highest BCUT2D eigenvalue weighted by Crippen LogP contribution is 2.35. The summed E-state index contributed by atoms with van der Waals surface area (Å²) in [7, 11) is 0. The van der Waals surface area contributed by atoms with Crippen molar-refractivity contribution in [2.24, 2.45) is 0 Å². The molecule has 2 aromatic rings. The highest BCUT2D eigenvalue weighted by atomic mass is 16.5. The summed E-state index contributed by atoms with van der Waals surface area (Å²) < 4.78 is 6.09. The van der Waals surface area contributed by atoms with Crippen LogP contribution in [0.1, 0.15) is 30.1 Å². The van der Waals surface area contributed by atoms with Gasteiger partial charge in [0.15, 0.2) is 0 Å². The van der Waals surface area contributed by atoms with Crippen LogP contribution >= 0.6 is 0 Å². The van der Waals surface area contributed by atoms with Gasteiger partial charge in [0.25, 0.3) is 0 Å². The Morgan fingerprint density at radius 2 is 1.78 bits per heavy atom. The molecule has 18 heavy (non-hydrogen) atoms. The molecule has 0 amide bonds. The van der Waals surface area contributed by atoms with Crippen LogP contribution in [0, 0.1) is 0 Å². The Labute approximate surface area is 107 Å². The van der Waals surface area contributed by atoms with E-state index in [4.69, 9.17) is 10.5 Å². The van der Waals surface area contributed by atoms with Crippen molar-refractivity contribution in [3.8, 4) is 5.75 Å². The Balaban J connectivity index is 1.89. The first-order valence-corrected chi connectivity index (χ1v) is 6.43. The van der Waals surface area contributed by atoms with Crippen molar-refractivity contribution in [1.29, 1.82) is 0 Å². The molecule has 1 aliphatic carbocycles. The molecule has 3 rings (SSSR count). The van der Waals surface area contributed by atoms with Gasteiger partial charge in [-0.2, -0.15) is 0 Å². The van der Waals surface area contributed by atoms with Crippen LogP contribution < -0.4 is 10.5 Å². The second-order valence-corrected chi connectivity index (χ2v) is 4.74. The normalized spacial score (nSPS) is 18.1. The van der Waals surface area contributed by atoms with Gasteiger partial charge in [0, 0.05) is 0 Å². The molecule has 2 N–H and O–H groups in total. The number of ether oxygens (including phenoxy) is 1. The number of benzene rings is 2. The Hall–Kier alpha value is -1.96. The van der Waals surface area contributed by atoms with E-state index >= 15 is 0 Å². The van der Waals surface area contributed by atoms with Crippen molar-refractivity contribution in [1.82, 2.24) is 0 Å². The first-order chi connectivity index (χ1) is 8.84. The van der Waals surface area contributed by atoms with E-state index in [0.29, 0.717) is 5.69 Å². The molecular formula is C16H17NO. The molecule has 1 atom stereocenters. The Bertz CT molecular complexity index is 550. The fourth-order valence-corrected chi connectivity index (χ4v) is 2.57. The summed E-state index contributed by atoms with van der Waals surface area (Å²) in [6.45, 7) is 0. The van der Waals surface area contributed by atoms with Gasteiger partial charge < -0.3 is 10.5 Å². The van der Waals surface area contributed by atoms with Crippen molar-refractivity contribution in [3.05, 3.63) is 59.7 Å². The quantitative estimate of drug-likeness (QED) is 0.810. The summed E-state index contributed by atoms with van der Waals surface area (Å²) in [6, 6.07) is 16.2. The van der Waals surface area contributed by atoms with E-state index in [1.807, 2.05) is 24.3 Å². The fraction of sp³-hybridized carbons (Fsp3) is 0.250. The number of para-hydroxylation sites is 2. The van der Waals surface area contributed by atoms with Crippen LogP contribution in [0.4, 0.5) is 5.69 Å². The topological polar surface area (TPSA) is 35.2 Å². The molecule has 1 aliphatic rings. The first-order valence-electron chi connectivity index (χ1n) is 6.43. The number of fused-ring (bicyclic) bond motifs is 1. The lowest BCUT2D eigenvalue weighted by Gasteiger charge is -2.26. The van der Waals surface area contributed by atoms with Crippen molar-refractivity contribution >= 4 is 5.69 Å². The van der Waals surface area contributed by atoms with Gasteiger partial charge in [-0.1, -0.05) is 36.4 Å². The lowest BCUT2D eigenvalue weighted by molar-refractivity contribution is 0.184. The van der Waals surface area contributed by atoms with E-state index in [1.54, 1.807) is 0 Å². The Morgan fingerprint density at radius 3 is 2.67 bits per heavy atom. The highest BCUT2D eigenvalue weighted by Gasteiger charge is 2.21. The van der Waals surface area contributed by atoms with Gasteiger partial charge in [-0.15, -0.1) is 0 Å². The minimum atomic E-state index is 0.139. The molecule has 0 fully saturated rings. The number of nitrogen functional groups attached to an aromatic ring is 1. The van der Waals surface area contributed by atoms with Crippen molar-refractivity contribution < 1.29 is 4.74 Å². The second kappa shape index (κ2) is 4.73. The number of anilines is 1. The van der Waals surface area contributed by atoms with Gasteiger partial charge in [-0.25, -0.2) is 0 Å². The van der Waals surface area contributed by atoms with Crippen LogP contribution in [0.5, 0.6) is 5.75 Å². The van der Waals surface area contributed by atoms with Crippen LogP contribution in [0.25, 0.3) is 0 Å². The molecular weight excluding hydrogens is 222 g/mol. The standard InChI is InChI=1S/C16H17NO/c17-14-9-3-4-10-16(14)18-15-11-5-7-12-6-1-2-8-13(12)15/h1-4,6,8-10,15H,5,7,11,17H2. The van der Waals surface area contributed by atoms with Crippen LogP contribution in [0.15, 0.2) is 48.5 Å². The zero-order valence-electron chi connectivity index (χ0n) is 10.3. The summed E-state index contributed by atoms with van der Waals surface area (Å²) in [4.78, 5) is 0. The Kier molecular flexibility index (Phi) is 2.93. The van der Waals surface area contributed by atoms with Crippen LogP contribution in [-0.4, -0.2) is 0 Å². The number of hydrogen-bond acceptors (Lipinski definition) is 2. The van der Waals surface area contributed by atoms with Crippen LogP contribution in [0.3, 0.4) is 0 Å². The van der Waals surface area contributed by atoms with Gasteiger partial charge in [-0.3, -0.25) is 0 Å². The molecule has 0 saturated heterocycles. The predicted molar refractivity (Wildman–Crippen MR) is 73.6 cm³/mol. The van der Waals surface area contributed by atoms with Crippen LogP contribution in [0.2, 0.25) is 0 Å². The van der Waals surface area contributed by atoms with Gasteiger partial charge in [0.2, 0.25) is 0 Å². The number of rotatable bonds is 2. The van der Waals surface area contributed by atoms with Crippen LogP contribution in [-0.2, 0) is 6.42 Å². The summed E-state index contributed by atoms with van der Waals surface area (Å²) >= 11 is 0. The third-order valence-electron chi connectivity index (χ3n) is 3.50. The third kappa shape index (κ3) is 2.06. The predicted octanol–water partition coefficient (Wildman–Crippen LogP) is 3.73. The lowest BCUT2D eigenvalue weighted by Crippen LogP contribution is -2.15.